The lowest BCUT2D eigenvalue weighted by Gasteiger charge is -2.32. The molecule has 1 fully saturated rings. The molecule has 1 aliphatic rings. The summed E-state index contributed by atoms with van der Waals surface area (Å²) in [5.41, 5.74) is 2.42. The number of hydrogen-bond acceptors (Lipinski definition) is 3. The van der Waals surface area contributed by atoms with Gasteiger partial charge in [0.05, 0.1) is 16.9 Å². The highest BCUT2D eigenvalue weighted by Crippen LogP contribution is 2.36. The first-order valence-electron chi connectivity index (χ1n) is 7.89. The molecule has 0 aliphatic carbocycles. The van der Waals surface area contributed by atoms with Crippen LogP contribution in [0.4, 0.5) is 0 Å². The summed E-state index contributed by atoms with van der Waals surface area (Å²) >= 11 is 6.13. The van der Waals surface area contributed by atoms with E-state index in [-0.39, 0.29) is 0 Å². The average Bonchev–Trinajstić information content (AvgIpc) is 3.00. The van der Waals surface area contributed by atoms with Crippen molar-refractivity contribution in [3.05, 3.63) is 46.7 Å². The molecule has 3 rings (SSSR count). The molecular weight excluding hydrogens is 322 g/mol. The fourth-order valence-electron chi connectivity index (χ4n) is 2.72. The van der Waals surface area contributed by atoms with Crippen LogP contribution >= 0.6 is 11.6 Å². The van der Waals surface area contributed by atoms with Crippen LogP contribution in [0, 0.1) is 18.3 Å². The summed E-state index contributed by atoms with van der Waals surface area (Å²) < 4.78 is 14.0. The number of nitrogens with zero attached hydrogens (tertiary/aromatic N) is 2. The summed E-state index contributed by atoms with van der Waals surface area (Å²) in [5, 5.41) is 10.1. The Kier molecular flexibility index (Phi) is 4.04. The van der Waals surface area contributed by atoms with Crippen molar-refractivity contribution in [2.45, 2.75) is 45.8 Å². The largest absolute Gasteiger partial charge is 0.496 e. The van der Waals surface area contributed by atoms with Gasteiger partial charge >= 0.3 is 7.12 Å². The van der Waals surface area contributed by atoms with E-state index in [1.165, 1.54) is 0 Å². The van der Waals surface area contributed by atoms with E-state index in [9.17, 15) is 5.26 Å². The zero-order chi connectivity index (χ0) is 17.7. The average molecular weight is 343 g/mol. The first-order chi connectivity index (χ1) is 11.1. The molecule has 24 heavy (non-hydrogen) atoms. The van der Waals surface area contributed by atoms with E-state index in [0.717, 1.165) is 16.7 Å². The van der Waals surface area contributed by atoms with Gasteiger partial charge in [-0.3, -0.25) is 0 Å². The Morgan fingerprint density at radius 3 is 2.33 bits per heavy atom. The lowest BCUT2D eigenvalue weighted by atomic mass is 9.81. The number of nitriles is 1. The molecular formula is C18H20BClN2O2. The smallest absolute Gasteiger partial charge is 0.399 e. The van der Waals surface area contributed by atoms with Crippen LogP contribution in [0.2, 0.25) is 5.02 Å². The van der Waals surface area contributed by atoms with E-state index in [1.54, 1.807) is 0 Å². The minimum absolute atomic E-state index is 0.418. The zero-order valence-corrected chi connectivity index (χ0v) is 15.3. The van der Waals surface area contributed by atoms with Gasteiger partial charge in [-0.05, 0) is 58.4 Å². The van der Waals surface area contributed by atoms with Gasteiger partial charge in [-0.1, -0.05) is 17.7 Å². The fourth-order valence-corrected chi connectivity index (χ4v) is 2.89. The Balaban J connectivity index is 2.04. The van der Waals surface area contributed by atoms with Crippen molar-refractivity contribution in [1.82, 2.24) is 4.57 Å². The van der Waals surface area contributed by atoms with Gasteiger partial charge in [-0.2, -0.15) is 5.26 Å². The van der Waals surface area contributed by atoms with E-state index < -0.39 is 18.3 Å². The molecule has 0 saturated carbocycles. The second-order valence-corrected chi connectivity index (χ2v) is 7.60. The Bertz CT molecular complexity index is 820. The second-order valence-electron chi connectivity index (χ2n) is 7.16. The van der Waals surface area contributed by atoms with Crippen molar-refractivity contribution in [3.63, 3.8) is 0 Å². The van der Waals surface area contributed by atoms with E-state index in [4.69, 9.17) is 20.9 Å². The Labute approximate surface area is 148 Å². The zero-order valence-electron chi connectivity index (χ0n) is 14.6. The van der Waals surface area contributed by atoms with Crippen LogP contribution in [-0.2, 0) is 9.31 Å². The van der Waals surface area contributed by atoms with Crippen molar-refractivity contribution < 1.29 is 9.31 Å². The molecule has 0 atom stereocenters. The van der Waals surface area contributed by atoms with Gasteiger partial charge in [0.25, 0.3) is 0 Å². The van der Waals surface area contributed by atoms with Crippen molar-refractivity contribution in [1.29, 1.82) is 5.26 Å². The number of halogens is 1. The molecule has 1 aromatic heterocycles. The fraction of sp³-hybridized carbons (Fsp3) is 0.389. The summed E-state index contributed by atoms with van der Waals surface area (Å²) in [7, 11) is -0.497. The van der Waals surface area contributed by atoms with Gasteiger partial charge in [0.15, 0.2) is 0 Å². The van der Waals surface area contributed by atoms with Crippen LogP contribution in [0.25, 0.3) is 5.69 Å². The van der Waals surface area contributed by atoms with Gasteiger partial charge in [-0.15, -0.1) is 0 Å². The van der Waals surface area contributed by atoms with E-state index in [0.29, 0.717) is 10.7 Å². The molecule has 2 heterocycles. The highest BCUT2D eigenvalue weighted by Gasteiger charge is 2.52. The molecule has 1 aromatic carbocycles. The molecule has 1 aliphatic heterocycles. The highest BCUT2D eigenvalue weighted by molar-refractivity contribution is 6.62. The van der Waals surface area contributed by atoms with Crippen LogP contribution in [-0.4, -0.2) is 22.9 Å². The molecule has 124 valence electrons. The summed E-state index contributed by atoms with van der Waals surface area (Å²) in [6, 6.07) is 9.67. The predicted octanol–water partition coefficient (Wildman–Crippen LogP) is 3.61. The first kappa shape index (κ1) is 17.1. The molecule has 0 spiro atoms. The molecule has 0 N–H and O–H groups in total. The standard InChI is InChI=1S/C18H20BClN2O2/c1-12-6-7-14(20)9-16(12)22-11-13(8-15(22)10-21)19-23-17(2,3)18(4,5)24-19/h6-9,11H,1-5H3. The summed E-state index contributed by atoms with van der Waals surface area (Å²) in [6.45, 7) is 10.0. The third-order valence-corrected chi connectivity index (χ3v) is 5.15. The first-order valence-corrected chi connectivity index (χ1v) is 8.27. The maximum absolute atomic E-state index is 9.52. The van der Waals surface area contributed by atoms with Gasteiger partial charge in [0.2, 0.25) is 0 Å². The quantitative estimate of drug-likeness (QED) is 0.783. The van der Waals surface area contributed by atoms with Gasteiger partial charge < -0.3 is 13.9 Å². The normalized spacial score (nSPS) is 18.6. The molecule has 0 unspecified atom stereocenters. The number of hydrogen-bond donors (Lipinski definition) is 0. The van der Waals surface area contributed by atoms with Crippen molar-refractivity contribution in [2.75, 3.05) is 0 Å². The van der Waals surface area contributed by atoms with Crippen molar-refractivity contribution in [2.24, 2.45) is 0 Å². The van der Waals surface area contributed by atoms with E-state index in [2.05, 4.69) is 6.07 Å². The maximum atomic E-state index is 9.52. The lowest BCUT2D eigenvalue weighted by molar-refractivity contribution is 0.00578. The van der Waals surface area contributed by atoms with Crippen LogP contribution < -0.4 is 5.46 Å². The maximum Gasteiger partial charge on any atom is 0.496 e. The van der Waals surface area contributed by atoms with Gasteiger partial charge in [0, 0.05) is 16.7 Å². The predicted molar refractivity (Wildman–Crippen MR) is 95.9 cm³/mol. The molecule has 0 amide bonds. The Morgan fingerprint density at radius 2 is 1.75 bits per heavy atom. The van der Waals surface area contributed by atoms with Crippen LogP contribution in [0.15, 0.2) is 30.5 Å². The lowest BCUT2D eigenvalue weighted by Crippen LogP contribution is -2.41. The van der Waals surface area contributed by atoms with Crippen molar-refractivity contribution >= 4 is 24.2 Å². The Hall–Kier alpha value is -1.74. The number of aryl methyl sites for hydroxylation is 1. The van der Waals surface area contributed by atoms with Crippen molar-refractivity contribution in [3.8, 4) is 11.8 Å². The molecule has 0 radical (unpaired) electrons. The Morgan fingerprint density at radius 1 is 1.12 bits per heavy atom. The monoisotopic (exact) mass is 342 g/mol. The third kappa shape index (κ3) is 2.75. The van der Waals surface area contributed by atoms with E-state index >= 15 is 0 Å². The van der Waals surface area contributed by atoms with Crippen LogP contribution in [0.3, 0.4) is 0 Å². The van der Waals surface area contributed by atoms with Gasteiger partial charge in [-0.25, -0.2) is 0 Å². The summed E-state index contributed by atoms with van der Waals surface area (Å²) in [6.07, 6.45) is 1.89. The molecule has 2 aromatic rings. The molecule has 6 heteroatoms. The van der Waals surface area contributed by atoms with Crippen LogP contribution in [0.1, 0.15) is 39.0 Å². The topological polar surface area (TPSA) is 47.2 Å². The minimum atomic E-state index is -0.497. The highest BCUT2D eigenvalue weighted by atomic mass is 35.5. The number of rotatable bonds is 2. The summed E-state index contributed by atoms with van der Waals surface area (Å²) in [5.74, 6) is 0. The van der Waals surface area contributed by atoms with E-state index in [1.807, 2.05) is 69.6 Å². The second kappa shape index (κ2) is 5.66. The SMILES string of the molecule is Cc1ccc(Cl)cc1-n1cc(B2OC(C)(C)C(C)(C)O2)cc1C#N. The molecule has 4 nitrogen and oxygen atoms in total. The molecule has 1 saturated heterocycles. The molecule has 0 bridgehead atoms. The van der Waals surface area contributed by atoms with Crippen LogP contribution in [0.5, 0.6) is 0 Å². The third-order valence-electron chi connectivity index (χ3n) is 4.91. The number of aromatic nitrogens is 1. The number of benzene rings is 1. The summed E-state index contributed by atoms with van der Waals surface area (Å²) in [4.78, 5) is 0. The van der Waals surface area contributed by atoms with Gasteiger partial charge in [0.1, 0.15) is 11.8 Å². The minimum Gasteiger partial charge on any atom is -0.399 e.